The van der Waals surface area contributed by atoms with E-state index in [0.717, 1.165) is 11.8 Å². The van der Waals surface area contributed by atoms with E-state index >= 15 is 0 Å². The second-order valence-corrected chi connectivity index (χ2v) is 4.76. The molecule has 1 aromatic carbocycles. The molecule has 15 heavy (non-hydrogen) atoms. The van der Waals surface area contributed by atoms with Crippen molar-refractivity contribution < 1.29 is 0 Å². The van der Waals surface area contributed by atoms with Crippen LogP contribution >= 0.6 is 0 Å². The molecule has 0 heteroatoms. The maximum absolute atomic E-state index is 2.36. The topological polar surface area (TPSA) is 0 Å². The Bertz CT molecular complexity index is 271. The summed E-state index contributed by atoms with van der Waals surface area (Å²) < 4.78 is 0. The number of hydrogen-bond acceptors (Lipinski definition) is 0. The van der Waals surface area contributed by atoms with Crippen molar-refractivity contribution in [3.8, 4) is 0 Å². The van der Waals surface area contributed by atoms with Crippen LogP contribution < -0.4 is 0 Å². The van der Waals surface area contributed by atoms with Crippen molar-refractivity contribution >= 4 is 0 Å². The molecule has 84 valence electrons. The standard InChI is InChI=1S/C15H24/c1-5-12(3)11-14(6-2)15-9-7-13(4)8-10-15/h7-10,12,14H,5-6,11H2,1-4H3. The van der Waals surface area contributed by atoms with Crippen LogP contribution in [-0.4, -0.2) is 0 Å². The van der Waals surface area contributed by atoms with E-state index in [4.69, 9.17) is 0 Å². The third-order valence-corrected chi connectivity index (χ3v) is 3.43. The first-order valence-electron chi connectivity index (χ1n) is 6.23. The van der Waals surface area contributed by atoms with Crippen LogP contribution in [0.2, 0.25) is 0 Å². The van der Waals surface area contributed by atoms with Crippen LogP contribution in [0.25, 0.3) is 0 Å². The number of rotatable bonds is 5. The Labute approximate surface area is 94.7 Å². The van der Waals surface area contributed by atoms with Gasteiger partial charge >= 0.3 is 0 Å². The maximum atomic E-state index is 2.36. The zero-order chi connectivity index (χ0) is 11.3. The summed E-state index contributed by atoms with van der Waals surface area (Å²) in [5.74, 6) is 1.59. The molecule has 0 aliphatic carbocycles. The fourth-order valence-corrected chi connectivity index (χ4v) is 2.03. The summed E-state index contributed by atoms with van der Waals surface area (Å²) in [7, 11) is 0. The lowest BCUT2D eigenvalue weighted by Gasteiger charge is -2.19. The minimum Gasteiger partial charge on any atom is -0.0651 e. The SMILES string of the molecule is CCC(C)CC(CC)c1ccc(C)cc1. The molecule has 0 N–H and O–H groups in total. The molecule has 0 aromatic heterocycles. The van der Waals surface area contributed by atoms with Gasteiger partial charge in [0.25, 0.3) is 0 Å². The molecule has 0 saturated carbocycles. The second-order valence-electron chi connectivity index (χ2n) is 4.76. The predicted molar refractivity (Wildman–Crippen MR) is 68.3 cm³/mol. The van der Waals surface area contributed by atoms with Crippen molar-refractivity contribution in [1.82, 2.24) is 0 Å². The van der Waals surface area contributed by atoms with Crippen molar-refractivity contribution in [1.29, 1.82) is 0 Å². The first-order valence-corrected chi connectivity index (χ1v) is 6.23. The summed E-state index contributed by atoms with van der Waals surface area (Å²) in [5.41, 5.74) is 2.88. The van der Waals surface area contributed by atoms with Gasteiger partial charge < -0.3 is 0 Å². The lowest BCUT2D eigenvalue weighted by Crippen LogP contribution is -2.03. The van der Waals surface area contributed by atoms with E-state index in [0.29, 0.717) is 0 Å². The number of hydrogen-bond donors (Lipinski definition) is 0. The molecule has 0 amide bonds. The smallest absolute Gasteiger partial charge is 0.0162 e. The van der Waals surface area contributed by atoms with Crippen LogP contribution in [0.4, 0.5) is 0 Å². The summed E-state index contributed by atoms with van der Waals surface area (Å²) in [5, 5.41) is 0. The van der Waals surface area contributed by atoms with Crippen molar-refractivity contribution in [2.24, 2.45) is 5.92 Å². The Morgan fingerprint density at radius 3 is 2.07 bits per heavy atom. The van der Waals surface area contributed by atoms with Crippen LogP contribution in [0, 0.1) is 12.8 Å². The average molecular weight is 204 g/mol. The van der Waals surface area contributed by atoms with Crippen LogP contribution in [-0.2, 0) is 0 Å². The van der Waals surface area contributed by atoms with Crippen LogP contribution in [0.3, 0.4) is 0 Å². The molecule has 2 atom stereocenters. The van der Waals surface area contributed by atoms with E-state index in [1.807, 2.05) is 0 Å². The van der Waals surface area contributed by atoms with E-state index in [1.165, 1.54) is 30.4 Å². The van der Waals surface area contributed by atoms with E-state index in [1.54, 1.807) is 0 Å². The fraction of sp³-hybridized carbons (Fsp3) is 0.600. The quantitative estimate of drug-likeness (QED) is 0.638. The molecule has 0 aliphatic rings. The normalized spacial score (nSPS) is 14.9. The highest BCUT2D eigenvalue weighted by molar-refractivity contribution is 5.24. The molecule has 0 nitrogen and oxygen atoms in total. The van der Waals surface area contributed by atoms with Gasteiger partial charge in [-0.3, -0.25) is 0 Å². The zero-order valence-electron chi connectivity index (χ0n) is 10.6. The van der Waals surface area contributed by atoms with E-state index in [2.05, 4.69) is 52.0 Å². The van der Waals surface area contributed by atoms with Gasteiger partial charge in [-0.2, -0.15) is 0 Å². The highest BCUT2D eigenvalue weighted by Gasteiger charge is 2.12. The Morgan fingerprint density at radius 1 is 1.00 bits per heavy atom. The van der Waals surface area contributed by atoms with Crippen molar-refractivity contribution in [3.63, 3.8) is 0 Å². The third kappa shape index (κ3) is 3.70. The van der Waals surface area contributed by atoms with Crippen molar-refractivity contribution in [2.75, 3.05) is 0 Å². The Morgan fingerprint density at radius 2 is 1.60 bits per heavy atom. The molecule has 0 bridgehead atoms. The Kier molecular flexibility index (Phi) is 4.87. The van der Waals surface area contributed by atoms with Gasteiger partial charge in [-0.05, 0) is 37.2 Å². The van der Waals surface area contributed by atoms with Gasteiger partial charge in [0.05, 0.1) is 0 Å². The molecule has 0 heterocycles. The predicted octanol–water partition coefficient (Wildman–Crippen LogP) is 4.92. The Balaban J connectivity index is 2.69. The van der Waals surface area contributed by atoms with Gasteiger partial charge in [0.1, 0.15) is 0 Å². The molecule has 0 saturated heterocycles. The van der Waals surface area contributed by atoms with E-state index in [-0.39, 0.29) is 0 Å². The molecular formula is C15H24. The highest BCUT2D eigenvalue weighted by Crippen LogP contribution is 2.28. The fourth-order valence-electron chi connectivity index (χ4n) is 2.03. The number of benzene rings is 1. The van der Waals surface area contributed by atoms with Gasteiger partial charge in [-0.25, -0.2) is 0 Å². The monoisotopic (exact) mass is 204 g/mol. The molecular weight excluding hydrogens is 180 g/mol. The van der Waals surface area contributed by atoms with E-state index < -0.39 is 0 Å². The molecule has 0 aliphatic heterocycles. The molecule has 0 spiro atoms. The molecule has 1 aromatic rings. The summed E-state index contributed by atoms with van der Waals surface area (Å²) in [6.07, 6.45) is 3.88. The maximum Gasteiger partial charge on any atom is -0.0162 e. The van der Waals surface area contributed by atoms with Crippen molar-refractivity contribution in [2.45, 2.75) is 52.9 Å². The van der Waals surface area contributed by atoms with Gasteiger partial charge in [-0.1, -0.05) is 57.0 Å². The minimum absolute atomic E-state index is 0.751. The van der Waals surface area contributed by atoms with Crippen molar-refractivity contribution in [3.05, 3.63) is 35.4 Å². The van der Waals surface area contributed by atoms with Crippen LogP contribution in [0.1, 0.15) is 57.1 Å². The lowest BCUT2D eigenvalue weighted by molar-refractivity contribution is 0.447. The molecule has 0 fully saturated rings. The summed E-state index contributed by atoms with van der Waals surface area (Å²) in [6, 6.07) is 9.06. The van der Waals surface area contributed by atoms with Gasteiger partial charge in [0, 0.05) is 0 Å². The van der Waals surface area contributed by atoms with Gasteiger partial charge in [-0.15, -0.1) is 0 Å². The van der Waals surface area contributed by atoms with Gasteiger partial charge in [0.2, 0.25) is 0 Å². The zero-order valence-corrected chi connectivity index (χ0v) is 10.6. The second kappa shape index (κ2) is 5.95. The summed E-state index contributed by atoms with van der Waals surface area (Å²) in [6.45, 7) is 9.09. The average Bonchev–Trinajstić information content (AvgIpc) is 2.27. The molecule has 0 radical (unpaired) electrons. The third-order valence-electron chi connectivity index (χ3n) is 3.43. The van der Waals surface area contributed by atoms with Crippen LogP contribution in [0.15, 0.2) is 24.3 Å². The first-order chi connectivity index (χ1) is 7.17. The Hall–Kier alpha value is -0.780. The van der Waals surface area contributed by atoms with E-state index in [9.17, 15) is 0 Å². The highest BCUT2D eigenvalue weighted by atomic mass is 14.2. The molecule has 2 unspecified atom stereocenters. The van der Waals surface area contributed by atoms with Crippen LogP contribution in [0.5, 0.6) is 0 Å². The number of aryl methyl sites for hydroxylation is 1. The summed E-state index contributed by atoms with van der Waals surface area (Å²) in [4.78, 5) is 0. The first kappa shape index (κ1) is 12.3. The summed E-state index contributed by atoms with van der Waals surface area (Å²) >= 11 is 0. The molecule has 1 rings (SSSR count). The van der Waals surface area contributed by atoms with Gasteiger partial charge in [0.15, 0.2) is 0 Å². The lowest BCUT2D eigenvalue weighted by atomic mass is 9.86. The largest absolute Gasteiger partial charge is 0.0651 e. The minimum atomic E-state index is 0.751.